The van der Waals surface area contributed by atoms with E-state index < -0.39 is 0 Å². The second-order valence-corrected chi connectivity index (χ2v) is 6.22. The fraction of sp³-hybridized carbons (Fsp3) is 1.00. The predicted molar refractivity (Wildman–Crippen MR) is 71.0 cm³/mol. The predicted octanol–water partition coefficient (Wildman–Crippen LogP) is 1.91. The Morgan fingerprint density at radius 2 is 1.94 bits per heavy atom. The van der Waals surface area contributed by atoms with Crippen LogP contribution in [0.25, 0.3) is 0 Å². The zero-order chi connectivity index (χ0) is 12.1. The van der Waals surface area contributed by atoms with E-state index in [1.54, 1.807) is 0 Å². The third kappa shape index (κ3) is 3.94. The van der Waals surface area contributed by atoms with Crippen molar-refractivity contribution in [2.45, 2.75) is 51.0 Å². The van der Waals surface area contributed by atoms with Crippen molar-refractivity contribution in [1.29, 1.82) is 0 Å². The summed E-state index contributed by atoms with van der Waals surface area (Å²) >= 11 is 0. The largest absolute Gasteiger partial charge is 0.380 e. The molecular formula is C14H28N2O. The zero-order valence-electron chi connectivity index (χ0n) is 11.2. The third-order valence-corrected chi connectivity index (χ3v) is 4.56. The SMILES string of the molecule is CC1(NCC2CCC(CN)CC2)CCCOC1. The number of hydrogen-bond acceptors (Lipinski definition) is 3. The van der Waals surface area contributed by atoms with Crippen LogP contribution in [0.2, 0.25) is 0 Å². The summed E-state index contributed by atoms with van der Waals surface area (Å²) in [5.41, 5.74) is 5.95. The summed E-state index contributed by atoms with van der Waals surface area (Å²) in [7, 11) is 0. The maximum absolute atomic E-state index is 5.73. The van der Waals surface area contributed by atoms with Crippen LogP contribution in [-0.2, 0) is 4.74 Å². The third-order valence-electron chi connectivity index (χ3n) is 4.56. The molecule has 1 aliphatic heterocycles. The van der Waals surface area contributed by atoms with Crippen molar-refractivity contribution in [1.82, 2.24) is 5.32 Å². The molecule has 0 bridgehead atoms. The Bertz CT molecular complexity index is 218. The number of hydrogen-bond donors (Lipinski definition) is 2. The lowest BCUT2D eigenvalue weighted by Crippen LogP contribution is -2.50. The van der Waals surface area contributed by atoms with Crippen LogP contribution in [0.15, 0.2) is 0 Å². The van der Waals surface area contributed by atoms with Gasteiger partial charge in [-0.2, -0.15) is 0 Å². The molecule has 0 aromatic heterocycles. The minimum absolute atomic E-state index is 0.225. The molecular weight excluding hydrogens is 212 g/mol. The first-order valence-corrected chi connectivity index (χ1v) is 7.25. The van der Waals surface area contributed by atoms with Gasteiger partial charge >= 0.3 is 0 Å². The molecule has 2 rings (SSSR count). The van der Waals surface area contributed by atoms with E-state index in [2.05, 4.69) is 12.2 Å². The molecule has 17 heavy (non-hydrogen) atoms. The van der Waals surface area contributed by atoms with Crippen LogP contribution in [-0.4, -0.2) is 31.8 Å². The fourth-order valence-corrected chi connectivity index (χ4v) is 3.14. The average Bonchev–Trinajstić information content (AvgIpc) is 2.38. The Hall–Kier alpha value is -0.120. The minimum atomic E-state index is 0.225. The van der Waals surface area contributed by atoms with Gasteiger partial charge in [0.2, 0.25) is 0 Å². The first-order valence-electron chi connectivity index (χ1n) is 7.25. The molecule has 1 saturated heterocycles. The Morgan fingerprint density at radius 3 is 2.53 bits per heavy atom. The lowest BCUT2D eigenvalue weighted by molar-refractivity contribution is 0.0257. The summed E-state index contributed by atoms with van der Waals surface area (Å²) in [6, 6.07) is 0. The van der Waals surface area contributed by atoms with Crippen molar-refractivity contribution in [2.24, 2.45) is 17.6 Å². The molecule has 0 spiro atoms. The lowest BCUT2D eigenvalue weighted by atomic mass is 9.81. The molecule has 0 amide bonds. The highest BCUT2D eigenvalue weighted by atomic mass is 16.5. The summed E-state index contributed by atoms with van der Waals surface area (Å²) in [5.74, 6) is 1.65. The Labute approximate surface area is 105 Å². The molecule has 0 aromatic rings. The molecule has 1 aliphatic carbocycles. The maximum atomic E-state index is 5.73. The summed E-state index contributed by atoms with van der Waals surface area (Å²) < 4.78 is 5.58. The van der Waals surface area contributed by atoms with Crippen molar-refractivity contribution in [3.05, 3.63) is 0 Å². The van der Waals surface area contributed by atoms with Gasteiger partial charge < -0.3 is 15.8 Å². The first kappa shape index (κ1) is 13.3. The quantitative estimate of drug-likeness (QED) is 0.789. The number of nitrogens with one attached hydrogen (secondary N) is 1. The molecule has 0 aromatic carbocycles. The summed E-state index contributed by atoms with van der Waals surface area (Å²) in [6.45, 7) is 6.17. The summed E-state index contributed by atoms with van der Waals surface area (Å²) in [6.07, 6.45) is 7.82. The first-order chi connectivity index (χ1) is 8.22. The molecule has 2 fully saturated rings. The van der Waals surface area contributed by atoms with E-state index in [9.17, 15) is 0 Å². The van der Waals surface area contributed by atoms with Crippen LogP contribution in [0.3, 0.4) is 0 Å². The van der Waals surface area contributed by atoms with Gasteiger partial charge in [-0.15, -0.1) is 0 Å². The van der Waals surface area contributed by atoms with Gasteiger partial charge in [0.25, 0.3) is 0 Å². The van der Waals surface area contributed by atoms with Gasteiger partial charge in [-0.25, -0.2) is 0 Å². The molecule has 3 N–H and O–H groups in total. The van der Waals surface area contributed by atoms with Crippen molar-refractivity contribution in [3.8, 4) is 0 Å². The number of nitrogens with two attached hydrogens (primary N) is 1. The molecule has 1 heterocycles. The Morgan fingerprint density at radius 1 is 1.24 bits per heavy atom. The smallest absolute Gasteiger partial charge is 0.0645 e. The Balaban J connectivity index is 1.68. The van der Waals surface area contributed by atoms with E-state index in [1.807, 2.05) is 0 Å². The zero-order valence-corrected chi connectivity index (χ0v) is 11.2. The van der Waals surface area contributed by atoms with E-state index >= 15 is 0 Å². The molecule has 2 aliphatic rings. The van der Waals surface area contributed by atoms with E-state index in [0.29, 0.717) is 0 Å². The van der Waals surface area contributed by atoms with E-state index in [-0.39, 0.29) is 5.54 Å². The van der Waals surface area contributed by atoms with Crippen molar-refractivity contribution >= 4 is 0 Å². The van der Waals surface area contributed by atoms with Gasteiger partial charge in [-0.3, -0.25) is 0 Å². The van der Waals surface area contributed by atoms with Crippen LogP contribution >= 0.6 is 0 Å². The highest BCUT2D eigenvalue weighted by Gasteiger charge is 2.28. The van der Waals surface area contributed by atoms with Crippen LogP contribution in [0.5, 0.6) is 0 Å². The van der Waals surface area contributed by atoms with E-state index in [0.717, 1.165) is 38.1 Å². The fourth-order valence-electron chi connectivity index (χ4n) is 3.14. The normalized spacial score (nSPS) is 39.2. The highest BCUT2D eigenvalue weighted by Crippen LogP contribution is 2.28. The highest BCUT2D eigenvalue weighted by molar-refractivity contribution is 4.87. The minimum Gasteiger partial charge on any atom is -0.380 e. The molecule has 100 valence electrons. The molecule has 0 radical (unpaired) electrons. The van der Waals surface area contributed by atoms with Crippen molar-refractivity contribution in [2.75, 3.05) is 26.3 Å². The summed E-state index contributed by atoms with van der Waals surface area (Å²) in [4.78, 5) is 0. The lowest BCUT2D eigenvalue weighted by Gasteiger charge is -2.37. The second kappa shape index (κ2) is 6.17. The van der Waals surface area contributed by atoms with Crippen molar-refractivity contribution in [3.63, 3.8) is 0 Å². The van der Waals surface area contributed by atoms with E-state index in [4.69, 9.17) is 10.5 Å². The van der Waals surface area contributed by atoms with Gasteiger partial charge in [0, 0.05) is 12.1 Å². The molecule has 3 heteroatoms. The van der Waals surface area contributed by atoms with Gasteiger partial charge in [0.15, 0.2) is 0 Å². The Kier molecular flexibility index (Phi) is 4.83. The molecule has 1 saturated carbocycles. The van der Waals surface area contributed by atoms with E-state index in [1.165, 1.54) is 38.5 Å². The average molecular weight is 240 g/mol. The number of ether oxygens (including phenoxy) is 1. The molecule has 1 unspecified atom stereocenters. The monoisotopic (exact) mass is 240 g/mol. The molecule has 1 atom stereocenters. The van der Waals surface area contributed by atoms with Crippen molar-refractivity contribution < 1.29 is 4.74 Å². The summed E-state index contributed by atoms with van der Waals surface area (Å²) in [5, 5.41) is 3.74. The van der Waals surface area contributed by atoms with Gasteiger partial charge in [-0.05, 0) is 70.4 Å². The van der Waals surface area contributed by atoms with Crippen LogP contribution in [0.4, 0.5) is 0 Å². The van der Waals surface area contributed by atoms with Crippen LogP contribution in [0.1, 0.15) is 45.4 Å². The topological polar surface area (TPSA) is 47.3 Å². The van der Waals surface area contributed by atoms with Gasteiger partial charge in [0.1, 0.15) is 0 Å². The second-order valence-electron chi connectivity index (χ2n) is 6.22. The van der Waals surface area contributed by atoms with Gasteiger partial charge in [-0.1, -0.05) is 0 Å². The maximum Gasteiger partial charge on any atom is 0.0645 e. The van der Waals surface area contributed by atoms with Crippen LogP contribution in [0, 0.1) is 11.8 Å². The molecule has 3 nitrogen and oxygen atoms in total. The standard InChI is InChI=1S/C14H28N2O/c1-14(7-2-8-17-11-14)16-10-13-5-3-12(9-15)4-6-13/h12-13,16H,2-11,15H2,1H3. The van der Waals surface area contributed by atoms with Gasteiger partial charge in [0.05, 0.1) is 6.61 Å². The number of rotatable bonds is 4. The van der Waals surface area contributed by atoms with Crippen LogP contribution < -0.4 is 11.1 Å².